The number of hydrogen-bond donors (Lipinski definition) is 1. The van der Waals surface area contributed by atoms with Gasteiger partial charge < -0.3 is 5.11 Å². The number of aliphatic carboxylic acids is 1. The first-order chi connectivity index (χ1) is 17.1. The number of hydrazone groups is 1. The lowest BCUT2D eigenvalue weighted by Crippen LogP contribution is -2.36. The Bertz CT molecular complexity index is 1210. The van der Waals surface area contributed by atoms with Crippen LogP contribution in [0.15, 0.2) is 65.9 Å². The quantitative estimate of drug-likeness (QED) is 0.432. The number of nitrogens with zero attached hydrogens (tertiary/aromatic N) is 4. The molecule has 3 aromatic rings. The molecule has 2 heterocycles. The Morgan fingerprint density at radius 2 is 1.69 bits per heavy atom. The average Bonchev–Trinajstić information content (AvgIpc) is 3.18. The molecule has 0 radical (unpaired) electrons. The number of carboxylic acid groups (broad SMARTS) is 1. The zero-order valence-electron chi connectivity index (χ0n) is 20.6. The molecule has 4 rings (SSSR count). The van der Waals surface area contributed by atoms with Gasteiger partial charge in [-0.2, -0.15) is 18.3 Å². The molecule has 0 bridgehead atoms. The van der Waals surface area contributed by atoms with Gasteiger partial charge in [0, 0.05) is 29.8 Å². The van der Waals surface area contributed by atoms with Crippen LogP contribution < -0.4 is 5.01 Å². The van der Waals surface area contributed by atoms with E-state index >= 15 is 0 Å². The predicted octanol–water partition coefficient (Wildman–Crippen LogP) is 6.29. The van der Waals surface area contributed by atoms with E-state index in [0.717, 1.165) is 22.4 Å². The molecule has 1 N–H and O–H groups in total. The van der Waals surface area contributed by atoms with E-state index in [1.807, 2.05) is 51.1 Å². The molecule has 1 aliphatic rings. The van der Waals surface area contributed by atoms with E-state index in [0.29, 0.717) is 17.9 Å². The largest absolute Gasteiger partial charge is 0.481 e. The molecule has 36 heavy (non-hydrogen) atoms. The van der Waals surface area contributed by atoms with Gasteiger partial charge in [-0.25, -0.2) is 9.97 Å². The highest BCUT2D eigenvalue weighted by Gasteiger charge is 2.48. The standard InChI is InChI=1S/C25H23F3N4O2.C2H6/c1-15-21(13-22(33)34)32(31-23(15)25(26,27)28)20-10-8-17(9-11-20)12-19-14-29-24(30-16(19)2)18-6-4-3-5-7-18;1-2/h3-11,14-15,21H,12-13H2,1-2H3,(H,33,34);1-2H3/t15?,21-;/m0./s1. The predicted molar refractivity (Wildman–Crippen MR) is 134 cm³/mol. The van der Waals surface area contributed by atoms with E-state index in [2.05, 4.69) is 15.1 Å². The topological polar surface area (TPSA) is 78.7 Å². The average molecular weight is 499 g/mol. The molecule has 0 amide bonds. The summed E-state index contributed by atoms with van der Waals surface area (Å²) in [5, 5.41) is 14.1. The first-order valence-electron chi connectivity index (χ1n) is 11.8. The van der Waals surface area contributed by atoms with Crippen LogP contribution in [0.4, 0.5) is 18.9 Å². The second kappa shape index (κ2) is 11.3. The molecule has 2 atom stereocenters. The lowest BCUT2D eigenvalue weighted by molar-refractivity contribution is -0.137. The molecule has 6 nitrogen and oxygen atoms in total. The number of anilines is 1. The summed E-state index contributed by atoms with van der Waals surface area (Å²) in [5.41, 5.74) is 3.07. The Labute approximate surface area is 208 Å². The van der Waals surface area contributed by atoms with E-state index in [-0.39, 0.29) is 0 Å². The van der Waals surface area contributed by atoms with Crippen LogP contribution in [-0.4, -0.2) is 39.0 Å². The molecule has 9 heteroatoms. The van der Waals surface area contributed by atoms with Gasteiger partial charge in [0.15, 0.2) is 5.82 Å². The molecule has 0 spiro atoms. The summed E-state index contributed by atoms with van der Waals surface area (Å²) in [4.78, 5) is 20.3. The van der Waals surface area contributed by atoms with Crippen molar-refractivity contribution in [1.29, 1.82) is 0 Å². The summed E-state index contributed by atoms with van der Waals surface area (Å²) in [7, 11) is 0. The Kier molecular flexibility index (Phi) is 8.45. The van der Waals surface area contributed by atoms with E-state index in [1.54, 1.807) is 30.5 Å². The molecule has 0 saturated heterocycles. The van der Waals surface area contributed by atoms with Gasteiger partial charge in [0.25, 0.3) is 0 Å². The summed E-state index contributed by atoms with van der Waals surface area (Å²) in [6.45, 7) is 7.27. The summed E-state index contributed by atoms with van der Waals surface area (Å²) < 4.78 is 40.1. The number of aryl methyl sites for hydroxylation is 1. The van der Waals surface area contributed by atoms with Crippen LogP contribution in [0, 0.1) is 12.8 Å². The number of alkyl halides is 3. The van der Waals surface area contributed by atoms with Gasteiger partial charge in [-0.05, 0) is 30.2 Å². The lowest BCUT2D eigenvalue weighted by Gasteiger charge is -2.25. The minimum Gasteiger partial charge on any atom is -0.481 e. The van der Waals surface area contributed by atoms with Crippen LogP contribution in [0.2, 0.25) is 0 Å². The number of hydrogen-bond acceptors (Lipinski definition) is 5. The fraction of sp³-hybridized carbons (Fsp3) is 0.333. The fourth-order valence-electron chi connectivity index (χ4n) is 4.06. The Hall–Kier alpha value is -3.75. The highest BCUT2D eigenvalue weighted by atomic mass is 19.4. The number of benzene rings is 2. The first-order valence-corrected chi connectivity index (χ1v) is 11.8. The van der Waals surface area contributed by atoms with Gasteiger partial charge in [0.2, 0.25) is 0 Å². The summed E-state index contributed by atoms with van der Waals surface area (Å²) in [6.07, 6.45) is -2.73. The molecule has 0 aliphatic carbocycles. The van der Waals surface area contributed by atoms with Crippen molar-refractivity contribution < 1.29 is 23.1 Å². The van der Waals surface area contributed by atoms with Crippen molar-refractivity contribution in [2.75, 3.05) is 5.01 Å². The minimum atomic E-state index is -4.62. The second-order valence-corrected chi connectivity index (χ2v) is 8.29. The van der Waals surface area contributed by atoms with Gasteiger partial charge in [-0.1, -0.05) is 63.2 Å². The van der Waals surface area contributed by atoms with Crippen molar-refractivity contribution in [3.8, 4) is 11.4 Å². The molecule has 0 saturated carbocycles. The maximum absolute atomic E-state index is 13.4. The van der Waals surface area contributed by atoms with E-state index in [9.17, 15) is 23.1 Å². The normalized spacial score (nSPS) is 17.3. The number of aromatic nitrogens is 2. The zero-order chi connectivity index (χ0) is 26.5. The van der Waals surface area contributed by atoms with Crippen molar-refractivity contribution in [3.05, 3.63) is 77.6 Å². The Balaban J connectivity index is 0.00000176. The third-order valence-corrected chi connectivity index (χ3v) is 5.92. The zero-order valence-corrected chi connectivity index (χ0v) is 20.6. The van der Waals surface area contributed by atoms with Crippen LogP contribution >= 0.6 is 0 Å². The van der Waals surface area contributed by atoms with Crippen LogP contribution in [0.5, 0.6) is 0 Å². The summed E-state index contributed by atoms with van der Waals surface area (Å²) >= 11 is 0. The monoisotopic (exact) mass is 498 g/mol. The fourth-order valence-corrected chi connectivity index (χ4v) is 4.06. The van der Waals surface area contributed by atoms with Gasteiger partial charge in [0.05, 0.1) is 18.2 Å². The van der Waals surface area contributed by atoms with Gasteiger partial charge in [-0.15, -0.1) is 0 Å². The van der Waals surface area contributed by atoms with Crippen molar-refractivity contribution in [2.45, 2.75) is 52.8 Å². The molecular weight excluding hydrogens is 469 g/mol. The van der Waals surface area contributed by atoms with Crippen LogP contribution in [0.1, 0.15) is 44.0 Å². The molecular formula is C27H29F3N4O2. The maximum atomic E-state index is 13.4. The third kappa shape index (κ3) is 6.08. The number of halogens is 3. The van der Waals surface area contributed by atoms with E-state index in [4.69, 9.17) is 0 Å². The minimum absolute atomic E-state index is 0.411. The number of rotatable bonds is 6. The lowest BCUT2D eigenvalue weighted by atomic mass is 9.94. The van der Waals surface area contributed by atoms with Crippen LogP contribution in [0.25, 0.3) is 11.4 Å². The SMILES string of the molecule is CC.Cc1nc(-c2ccccc2)ncc1Cc1ccc(N2N=C(C(F)(F)F)C(C)[C@@H]2CC(=O)O)cc1. The Morgan fingerprint density at radius 1 is 1.06 bits per heavy atom. The summed E-state index contributed by atoms with van der Waals surface area (Å²) in [6, 6.07) is 15.7. The van der Waals surface area contributed by atoms with Crippen LogP contribution in [-0.2, 0) is 11.2 Å². The van der Waals surface area contributed by atoms with Gasteiger partial charge in [-0.3, -0.25) is 9.80 Å². The Morgan fingerprint density at radius 3 is 2.25 bits per heavy atom. The van der Waals surface area contributed by atoms with Crippen LogP contribution in [0.3, 0.4) is 0 Å². The number of carbonyl (C=O) groups is 1. The van der Waals surface area contributed by atoms with E-state index < -0.39 is 36.2 Å². The molecule has 0 fully saturated rings. The molecule has 1 unspecified atom stereocenters. The smallest absolute Gasteiger partial charge is 0.431 e. The van der Waals surface area contributed by atoms with Crippen molar-refractivity contribution >= 4 is 17.4 Å². The highest BCUT2D eigenvalue weighted by molar-refractivity contribution is 5.95. The van der Waals surface area contributed by atoms with E-state index in [1.165, 1.54) is 11.9 Å². The molecule has 2 aromatic carbocycles. The first kappa shape index (κ1) is 26.8. The highest BCUT2D eigenvalue weighted by Crippen LogP contribution is 2.36. The number of carboxylic acids is 1. The van der Waals surface area contributed by atoms with Crippen molar-refractivity contribution in [2.24, 2.45) is 11.0 Å². The third-order valence-electron chi connectivity index (χ3n) is 5.92. The maximum Gasteiger partial charge on any atom is 0.431 e. The van der Waals surface area contributed by atoms with Crippen molar-refractivity contribution in [1.82, 2.24) is 9.97 Å². The molecule has 1 aliphatic heterocycles. The van der Waals surface area contributed by atoms with Gasteiger partial charge in [0.1, 0.15) is 5.71 Å². The molecule has 190 valence electrons. The summed E-state index contributed by atoms with van der Waals surface area (Å²) in [5.74, 6) is -1.59. The van der Waals surface area contributed by atoms with Gasteiger partial charge >= 0.3 is 12.1 Å². The van der Waals surface area contributed by atoms with Crippen molar-refractivity contribution in [3.63, 3.8) is 0 Å². The molecule has 1 aromatic heterocycles. The second-order valence-electron chi connectivity index (χ2n) is 8.29.